The zero-order valence-electron chi connectivity index (χ0n) is 14.3. The van der Waals surface area contributed by atoms with Gasteiger partial charge in [0.1, 0.15) is 5.25 Å². The standard InChI is InChI=1S/C17H22N4O2S2/c1-12(2)18-16-19-20-17(25-16)24-14(13-6-4-3-5-7-13)15(22)21-8-10-23-11-9-21/h3-7,12,14H,8-11H2,1-2H3,(H,18,19). The molecule has 3 rings (SSSR count). The van der Waals surface area contributed by atoms with Crippen molar-refractivity contribution >= 4 is 34.1 Å². The summed E-state index contributed by atoms with van der Waals surface area (Å²) in [5, 5.41) is 12.1. The van der Waals surface area contributed by atoms with E-state index in [9.17, 15) is 4.79 Å². The predicted molar refractivity (Wildman–Crippen MR) is 101 cm³/mol. The van der Waals surface area contributed by atoms with Gasteiger partial charge in [-0.25, -0.2) is 0 Å². The highest BCUT2D eigenvalue weighted by molar-refractivity contribution is 8.01. The van der Waals surface area contributed by atoms with E-state index in [0.29, 0.717) is 32.3 Å². The number of benzene rings is 1. The van der Waals surface area contributed by atoms with Gasteiger partial charge in [0.25, 0.3) is 0 Å². The molecule has 25 heavy (non-hydrogen) atoms. The average molecular weight is 379 g/mol. The summed E-state index contributed by atoms with van der Waals surface area (Å²) in [4.78, 5) is 15.0. The van der Waals surface area contributed by atoms with E-state index in [1.807, 2.05) is 35.2 Å². The molecule has 8 heteroatoms. The van der Waals surface area contributed by atoms with Gasteiger partial charge in [-0.2, -0.15) is 0 Å². The third-order valence-electron chi connectivity index (χ3n) is 3.69. The number of anilines is 1. The van der Waals surface area contributed by atoms with Gasteiger partial charge in [0.05, 0.1) is 13.2 Å². The number of thioether (sulfide) groups is 1. The number of carbonyl (C=O) groups is 1. The lowest BCUT2D eigenvalue weighted by atomic mass is 10.1. The molecule has 134 valence electrons. The number of carbonyl (C=O) groups excluding carboxylic acids is 1. The van der Waals surface area contributed by atoms with E-state index in [1.165, 1.54) is 23.1 Å². The molecular formula is C17H22N4O2S2. The van der Waals surface area contributed by atoms with Crippen LogP contribution in [0.15, 0.2) is 34.7 Å². The molecule has 0 radical (unpaired) electrons. The maximum atomic E-state index is 13.1. The van der Waals surface area contributed by atoms with Gasteiger partial charge < -0.3 is 15.0 Å². The van der Waals surface area contributed by atoms with Gasteiger partial charge in [-0.05, 0) is 19.4 Å². The molecule has 1 aliphatic rings. The average Bonchev–Trinajstić information content (AvgIpc) is 3.07. The Kier molecular flexibility index (Phi) is 6.28. The Morgan fingerprint density at radius 3 is 2.64 bits per heavy atom. The Balaban J connectivity index is 1.79. The fourth-order valence-electron chi connectivity index (χ4n) is 2.50. The Labute approximate surface area is 156 Å². The van der Waals surface area contributed by atoms with Crippen molar-refractivity contribution in [1.29, 1.82) is 0 Å². The van der Waals surface area contributed by atoms with E-state index in [0.717, 1.165) is 15.0 Å². The number of ether oxygens (including phenoxy) is 1. The minimum Gasteiger partial charge on any atom is -0.378 e. The second-order valence-corrected chi connectivity index (χ2v) is 8.35. The zero-order valence-corrected chi connectivity index (χ0v) is 16.0. The molecule has 1 aromatic carbocycles. The van der Waals surface area contributed by atoms with E-state index in [4.69, 9.17) is 4.74 Å². The van der Waals surface area contributed by atoms with Crippen LogP contribution in [0.4, 0.5) is 5.13 Å². The van der Waals surface area contributed by atoms with Crippen LogP contribution in [-0.2, 0) is 9.53 Å². The molecule has 1 fully saturated rings. The van der Waals surface area contributed by atoms with Crippen LogP contribution >= 0.6 is 23.1 Å². The Morgan fingerprint density at radius 1 is 1.24 bits per heavy atom. The van der Waals surface area contributed by atoms with Crippen molar-refractivity contribution in [3.8, 4) is 0 Å². The van der Waals surface area contributed by atoms with Crippen molar-refractivity contribution in [1.82, 2.24) is 15.1 Å². The maximum Gasteiger partial charge on any atom is 0.240 e. The summed E-state index contributed by atoms with van der Waals surface area (Å²) < 4.78 is 6.16. The molecule has 1 unspecified atom stereocenters. The monoisotopic (exact) mass is 378 g/mol. The quantitative estimate of drug-likeness (QED) is 0.780. The molecular weight excluding hydrogens is 356 g/mol. The third-order valence-corrected chi connectivity index (χ3v) is 5.87. The molecule has 1 N–H and O–H groups in total. The number of hydrogen-bond acceptors (Lipinski definition) is 7. The van der Waals surface area contributed by atoms with Gasteiger partial charge in [0.15, 0.2) is 4.34 Å². The lowest BCUT2D eigenvalue weighted by Crippen LogP contribution is -2.42. The maximum absolute atomic E-state index is 13.1. The lowest BCUT2D eigenvalue weighted by Gasteiger charge is -2.30. The van der Waals surface area contributed by atoms with E-state index in [1.54, 1.807) is 0 Å². The molecule has 0 spiro atoms. The highest BCUT2D eigenvalue weighted by atomic mass is 32.2. The second kappa shape index (κ2) is 8.64. The summed E-state index contributed by atoms with van der Waals surface area (Å²) in [6.07, 6.45) is 0. The Bertz CT molecular complexity index is 687. The largest absolute Gasteiger partial charge is 0.378 e. The molecule has 6 nitrogen and oxygen atoms in total. The first kappa shape index (κ1) is 18.2. The van der Waals surface area contributed by atoms with Crippen LogP contribution in [0.2, 0.25) is 0 Å². The van der Waals surface area contributed by atoms with Gasteiger partial charge in [-0.1, -0.05) is 53.4 Å². The first-order valence-electron chi connectivity index (χ1n) is 8.31. The van der Waals surface area contributed by atoms with Gasteiger partial charge in [-0.15, -0.1) is 10.2 Å². The summed E-state index contributed by atoms with van der Waals surface area (Å²) in [5.41, 5.74) is 0.984. The van der Waals surface area contributed by atoms with E-state index >= 15 is 0 Å². The minimum atomic E-state index is -0.320. The van der Waals surface area contributed by atoms with Gasteiger partial charge in [0.2, 0.25) is 11.0 Å². The van der Waals surface area contributed by atoms with Crippen molar-refractivity contribution in [3.05, 3.63) is 35.9 Å². The van der Waals surface area contributed by atoms with Crippen LogP contribution in [-0.4, -0.2) is 53.3 Å². The van der Waals surface area contributed by atoms with Gasteiger partial charge in [-0.3, -0.25) is 4.79 Å². The molecule has 2 aromatic rings. The number of morpholine rings is 1. The van der Waals surface area contributed by atoms with Gasteiger partial charge in [0, 0.05) is 19.1 Å². The van der Waals surface area contributed by atoms with Crippen LogP contribution < -0.4 is 5.32 Å². The number of amides is 1. The first-order valence-corrected chi connectivity index (χ1v) is 10.0. The predicted octanol–water partition coefficient (Wildman–Crippen LogP) is 3.05. The lowest BCUT2D eigenvalue weighted by molar-refractivity contribution is -0.134. The van der Waals surface area contributed by atoms with Crippen LogP contribution in [0.3, 0.4) is 0 Å². The summed E-state index contributed by atoms with van der Waals surface area (Å²) in [6, 6.07) is 10.2. The van der Waals surface area contributed by atoms with E-state index < -0.39 is 0 Å². The van der Waals surface area contributed by atoms with Crippen LogP contribution in [0.5, 0.6) is 0 Å². The smallest absolute Gasteiger partial charge is 0.240 e. The van der Waals surface area contributed by atoms with Crippen molar-refractivity contribution in [2.45, 2.75) is 29.5 Å². The zero-order chi connectivity index (χ0) is 17.6. The Morgan fingerprint density at radius 2 is 1.96 bits per heavy atom. The Hall–Kier alpha value is -1.64. The van der Waals surface area contributed by atoms with Crippen molar-refractivity contribution in [2.75, 3.05) is 31.6 Å². The number of nitrogens with one attached hydrogen (secondary N) is 1. The summed E-state index contributed by atoms with van der Waals surface area (Å²) >= 11 is 2.95. The van der Waals surface area contributed by atoms with Crippen LogP contribution in [0, 0.1) is 0 Å². The van der Waals surface area contributed by atoms with E-state index in [2.05, 4.69) is 29.4 Å². The fourth-order valence-corrected chi connectivity index (χ4v) is 4.68. The first-order chi connectivity index (χ1) is 12.1. The van der Waals surface area contributed by atoms with Crippen LogP contribution in [0.1, 0.15) is 24.7 Å². The summed E-state index contributed by atoms with van der Waals surface area (Å²) in [6.45, 7) is 6.59. The van der Waals surface area contributed by atoms with Crippen LogP contribution in [0.25, 0.3) is 0 Å². The van der Waals surface area contributed by atoms with Crippen molar-refractivity contribution in [2.24, 2.45) is 0 Å². The van der Waals surface area contributed by atoms with E-state index in [-0.39, 0.29) is 11.2 Å². The number of aromatic nitrogens is 2. The second-order valence-electron chi connectivity index (χ2n) is 6.02. The topological polar surface area (TPSA) is 67.4 Å². The minimum absolute atomic E-state index is 0.105. The number of nitrogens with zero attached hydrogens (tertiary/aromatic N) is 3. The number of hydrogen-bond donors (Lipinski definition) is 1. The molecule has 1 aliphatic heterocycles. The molecule has 0 aliphatic carbocycles. The third kappa shape index (κ3) is 4.93. The molecule has 1 amide bonds. The highest BCUT2D eigenvalue weighted by Crippen LogP contribution is 2.39. The molecule has 1 atom stereocenters. The normalized spacial score (nSPS) is 16.0. The SMILES string of the molecule is CC(C)Nc1nnc(SC(C(=O)N2CCOCC2)c2ccccc2)s1. The molecule has 0 saturated carbocycles. The molecule has 1 aromatic heterocycles. The summed E-state index contributed by atoms with van der Waals surface area (Å²) in [7, 11) is 0. The molecule has 0 bridgehead atoms. The molecule has 2 heterocycles. The van der Waals surface area contributed by atoms with Crippen molar-refractivity contribution in [3.63, 3.8) is 0 Å². The fraction of sp³-hybridized carbons (Fsp3) is 0.471. The summed E-state index contributed by atoms with van der Waals surface area (Å²) in [5.74, 6) is 0.105. The van der Waals surface area contributed by atoms with Crippen molar-refractivity contribution < 1.29 is 9.53 Å². The molecule has 1 saturated heterocycles. The van der Waals surface area contributed by atoms with Gasteiger partial charge >= 0.3 is 0 Å². The highest BCUT2D eigenvalue weighted by Gasteiger charge is 2.29. The number of rotatable bonds is 6.